The lowest BCUT2D eigenvalue weighted by atomic mass is 9.78. The molecule has 0 aromatic heterocycles. The number of ether oxygens (including phenoxy) is 1. The maximum atomic E-state index is 11.9. The molecule has 3 heteroatoms. The maximum absolute atomic E-state index is 11.9. The summed E-state index contributed by atoms with van der Waals surface area (Å²) < 4.78 is 5.14. The van der Waals surface area contributed by atoms with Crippen molar-refractivity contribution in [1.82, 2.24) is 0 Å². The average molecular weight is 246 g/mol. The van der Waals surface area contributed by atoms with Gasteiger partial charge in [-0.25, -0.2) is 0 Å². The smallest absolute Gasteiger partial charge is 0.309 e. The second-order valence-corrected chi connectivity index (χ2v) is 5.36. The van der Waals surface area contributed by atoms with Crippen LogP contribution in [0.4, 0.5) is 0 Å². The zero-order chi connectivity index (χ0) is 12.8. The van der Waals surface area contributed by atoms with E-state index in [1.807, 2.05) is 19.1 Å². The number of benzene rings is 1. The van der Waals surface area contributed by atoms with E-state index in [9.17, 15) is 9.90 Å². The third-order valence-corrected chi connectivity index (χ3v) is 4.34. The van der Waals surface area contributed by atoms with Crippen molar-refractivity contribution in [2.45, 2.75) is 38.0 Å². The molecule has 96 valence electrons. The van der Waals surface area contributed by atoms with Gasteiger partial charge in [0.25, 0.3) is 0 Å². The van der Waals surface area contributed by atoms with Crippen LogP contribution < -0.4 is 0 Å². The van der Waals surface area contributed by atoms with Gasteiger partial charge in [0.1, 0.15) is 5.75 Å². The van der Waals surface area contributed by atoms with E-state index < -0.39 is 0 Å². The Morgan fingerprint density at radius 1 is 1.56 bits per heavy atom. The quantitative estimate of drug-likeness (QED) is 0.816. The van der Waals surface area contributed by atoms with Crippen LogP contribution in [0.3, 0.4) is 0 Å². The Morgan fingerprint density at radius 2 is 2.39 bits per heavy atom. The molecule has 3 rings (SSSR count). The minimum absolute atomic E-state index is 0.00748. The molecule has 0 bridgehead atoms. The Balaban J connectivity index is 1.91. The second kappa shape index (κ2) is 4.01. The first-order chi connectivity index (χ1) is 8.67. The number of phenolic OH excluding ortho intramolecular Hbond substituents is 1. The molecule has 1 aromatic rings. The Bertz CT molecular complexity index is 495. The van der Waals surface area contributed by atoms with Gasteiger partial charge in [-0.3, -0.25) is 4.79 Å². The summed E-state index contributed by atoms with van der Waals surface area (Å²) in [5.41, 5.74) is 2.46. The van der Waals surface area contributed by atoms with E-state index in [2.05, 4.69) is 0 Å². The molecule has 3 nitrogen and oxygen atoms in total. The number of rotatable bonds is 2. The Hall–Kier alpha value is -1.51. The highest BCUT2D eigenvalue weighted by Gasteiger charge is 2.60. The summed E-state index contributed by atoms with van der Waals surface area (Å²) in [4.78, 5) is 11.9. The molecule has 0 heterocycles. The molecule has 0 aliphatic heterocycles. The molecule has 0 saturated heterocycles. The van der Waals surface area contributed by atoms with Crippen LogP contribution in [0.1, 0.15) is 37.3 Å². The largest absolute Gasteiger partial charge is 0.508 e. The van der Waals surface area contributed by atoms with E-state index in [0.29, 0.717) is 12.4 Å². The number of carbonyl (C=O) groups excluding carboxylic acids is 1. The van der Waals surface area contributed by atoms with E-state index >= 15 is 0 Å². The fourth-order valence-electron chi connectivity index (χ4n) is 3.43. The number of hydrogen-bond donors (Lipinski definition) is 1. The summed E-state index contributed by atoms with van der Waals surface area (Å²) >= 11 is 0. The summed E-state index contributed by atoms with van der Waals surface area (Å²) in [5, 5.41) is 9.55. The van der Waals surface area contributed by atoms with E-state index in [4.69, 9.17) is 4.74 Å². The Morgan fingerprint density at radius 3 is 3.17 bits per heavy atom. The zero-order valence-corrected chi connectivity index (χ0v) is 10.6. The fourth-order valence-corrected chi connectivity index (χ4v) is 3.43. The molecule has 18 heavy (non-hydrogen) atoms. The number of hydrogen-bond acceptors (Lipinski definition) is 3. The predicted molar refractivity (Wildman–Crippen MR) is 67.5 cm³/mol. The Kier molecular flexibility index (Phi) is 2.58. The summed E-state index contributed by atoms with van der Waals surface area (Å²) in [7, 11) is 0. The lowest BCUT2D eigenvalue weighted by Gasteiger charge is -2.26. The molecule has 0 unspecified atom stereocenters. The van der Waals surface area contributed by atoms with Gasteiger partial charge in [-0.15, -0.1) is 0 Å². The van der Waals surface area contributed by atoms with Crippen molar-refractivity contribution >= 4 is 5.97 Å². The topological polar surface area (TPSA) is 46.5 Å². The van der Waals surface area contributed by atoms with Gasteiger partial charge in [0.2, 0.25) is 0 Å². The lowest BCUT2D eigenvalue weighted by Crippen LogP contribution is -2.22. The molecule has 1 spiro atoms. The SMILES string of the molecule is CCOC(=O)[C@H]1C[C@]12CCCc1cc(O)ccc12. The van der Waals surface area contributed by atoms with Crippen LogP contribution in [0, 0.1) is 5.92 Å². The van der Waals surface area contributed by atoms with Crippen molar-refractivity contribution < 1.29 is 14.6 Å². The van der Waals surface area contributed by atoms with Crippen LogP contribution in [0.2, 0.25) is 0 Å². The number of phenols is 1. The van der Waals surface area contributed by atoms with E-state index in [1.54, 1.807) is 6.07 Å². The first kappa shape index (κ1) is 11.6. The van der Waals surface area contributed by atoms with Gasteiger partial charge in [0.15, 0.2) is 0 Å². The number of aromatic hydroxyl groups is 1. The number of esters is 1. The highest BCUT2D eigenvalue weighted by atomic mass is 16.5. The van der Waals surface area contributed by atoms with Gasteiger partial charge < -0.3 is 9.84 Å². The van der Waals surface area contributed by atoms with Crippen LogP contribution in [-0.2, 0) is 21.4 Å². The summed E-state index contributed by atoms with van der Waals surface area (Å²) in [6.45, 7) is 2.30. The minimum atomic E-state index is -0.0570. The van der Waals surface area contributed by atoms with Crippen LogP contribution in [0.25, 0.3) is 0 Å². The van der Waals surface area contributed by atoms with Gasteiger partial charge >= 0.3 is 5.97 Å². The van der Waals surface area contributed by atoms with Crippen molar-refractivity contribution in [2.24, 2.45) is 5.92 Å². The summed E-state index contributed by atoms with van der Waals surface area (Å²) in [6, 6.07) is 5.56. The van der Waals surface area contributed by atoms with E-state index in [0.717, 1.165) is 25.7 Å². The van der Waals surface area contributed by atoms with Crippen molar-refractivity contribution in [3.8, 4) is 5.75 Å². The van der Waals surface area contributed by atoms with E-state index in [1.165, 1.54) is 11.1 Å². The summed E-state index contributed by atoms with van der Waals surface area (Å²) in [5.74, 6) is 0.290. The van der Waals surface area contributed by atoms with Gasteiger partial charge in [0.05, 0.1) is 12.5 Å². The normalized spacial score (nSPS) is 28.8. The van der Waals surface area contributed by atoms with Crippen LogP contribution >= 0.6 is 0 Å². The third-order valence-electron chi connectivity index (χ3n) is 4.34. The molecule has 1 saturated carbocycles. The van der Waals surface area contributed by atoms with Crippen LogP contribution in [0.5, 0.6) is 5.75 Å². The Labute approximate surface area is 107 Å². The molecule has 1 N–H and O–H groups in total. The summed E-state index contributed by atoms with van der Waals surface area (Å²) in [6.07, 6.45) is 4.06. The van der Waals surface area contributed by atoms with Crippen LogP contribution in [0.15, 0.2) is 18.2 Å². The van der Waals surface area contributed by atoms with Gasteiger partial charge in [-0.2, -0.15) is 0 Å². The lowest BCUT2D eigenvalue weighted by molar-refractivity contribution is -0.145. The van der Waals surface area contributed by atoms with Gasteiger partial charge in [0, 0.05) is 5.41 Å². The molecular formula is C15H18O3. The number of fused-ring (bicyclic) bond motifs is 2. The van der Waals surface area contributed by atoms with E-state index in [-0.39, 0.29) is 17.3 Å². The predicted octanol–water partition coefficient (Wildman–Crippen LogP) is 2.55. The highest BCUT2D eigenvalue weighted by molar-refractivity contribution is 5.79. The zero-order valence-electron chi connectivity index (χ0n) is 10.6. The second-order valence-electron chi connectivity index (χ2n) is 5.36. The first-order valence-electron chi connectivity index (χ1n) is 6.66. The van der Waals surface area contributed by atoms with Gasteiger partial charge in [-0.1, -0.05) is 6.07 Å². The molecule has 2 atom stereocenters. The van der Waals surface area contributed by atoms with Crippen LogP contribution in [-0.4, -0.2) is 17.7 Å². The van der Waals surface area contributed by atoms with Crippen molar-refractivity contribution in [1.29, 1.82) is 0 Å². The maximum Gasteiger partial charge on any atom is 0.309 e. The van der Waals surface area contributed by atoms with Crippen molar-refractivity contribution in [3.05, 3.63) is 29.3 Å². The first-order valence-corrected chi connectivity index (χ1v) is 6.66. The number of aryl methyl sites for hydroxylation is 1. The standard InChI is InChI=1S/C15H18O3/c1-2-18-14(17)13-9-15(13)7-3-4-10-8-11(16)5-6-12(10)15/h5-6,8,13,16H,2-4,7,9H2,1H3/t13-,15+/m1/s1. The molecule has 0 amide bonds. The fraction of sp³-hybridized carbons (Fsp3) is 0.533. The molecular weight excluding hydrogens is 228 g/mol. The number of carbonyl (C=O) groups is 1. The molecule has 0 radical (unpaired) electrons. The molecule has 2 aliphatic carbocycles. The van der Waals surface area contributed by atoms with Crippen molar-refractivity contribution in [2.75, 3.05) is 6.61 Å². The minimum Gasteiger partial charge on any atom is -0.508 e. The van der Waals surface area contributed by atoms with Gasteiger partial charge in [-0.05, 0) is 55.9 Å². The molecule has 1 fully saturated rings. The third kappa shape index (κ3) is 1.61. The molecule has 1 aromatic carbocycles. The monoisotopic (exact) mass is 246 g/mol. The molecule has 2 aliphatic rings. The average Bonchev–Trinajstić information content (AvgIpc) is 3.05. The van der Waals surface area contributed by atoms with Crippen molar-refractivity contribution in [3.63, 3.8) is 0 Å². The highest BCUT2D eigenvalue weighted by Crippen LogP contribution is 2.60.